The van der Waals surface area contributed by atoms with Crippen LogP contribution in [0.15, 0.2) is 24.3 Å². The number of ether oxygens (including phenoxy) is 2. The zero-order valence-electron chi connectivity index (χ0n) is 12.4. The topological polar surface area (TPSA) is 64.6 Å². The smallest absolute Gasteiger partial charge is 0.325 e. The molecule has 1 aromatic rings. The van der Waals surface area contributed by atoms with Crippen LogP contribution in [0, 0.1) is 0 Å². The molecular weight excluding hydrogens is 258 g/mol. The minimum Gasteiger partial charge on any atom is -0.484 e. The summed E-state index contributed by atoms with van der Waals surface area (Å²) < 4.78 is 9.75. The summed E-state index contributed by atoms with van der Waals surface area (Å²) in [6, 6.07) is 7.60. The second-order valence-corrected chi connectivity index (χ2v) is 5.42. The van der Waals surface area contributed by atoms with Crippen LogP contribution in [0.4, 0.5) is 0 Å². The van der Waals surface area contributed by atoms with E-state index in [1.165, 1.54) is 12.7 Å². The Kier molecular flexibility index (Phi) is 5.55. The van der Waals surface area contributed by atoms with Crippen LogP contribution < -0.4 is 10.1 Å². The van der Waals surface area contributed by atoms with Crippen LogP contribution in [0.1, 0.15) is 26.3 Å². The van der Waals surface area contributed by atoms with Crippen molar-refractivity contribution in [2.75, 3.05) is 20.3 Å². The SMILES string of the molecule is COC(=O)CNC(=O)COc1ccc(C(C)(C)C)cc1. The maximum atomic E-state index is 11.4. The van der Waals surface area contributed by atoms with Crippen molar-refractivity contribution in [1.82, 2.24) is 5.32 Å². The van der Waals surface area contributed by atoms with Gasteiger partial charge in [0, 0.05) is 0 Å². The summed E-state index contributed by atoms with van der Waals surface area (Å²) in [4.78, 5) is 22.3. The van der Waals surface area contributed by atoms with E-state index in [9.17, 15) is 9.59 Å². The number of amides is 1. The molecule has 1 aromatic carbocycles. The maximum Gasteiger partial charge on any atom is 0.325 e. The molecule has 0 saturated carbocycles. The monoisotopic (exact) mass is 279 g/mol. The van der Waals surface area contributed by atoms with Gasteiger partial charge in [0.05, 0.1) is 7.11 Å². The van der Waals surface area contributed by atoms with Crippen LogP contribution in [-0.2, 0) is 19.7 Å². The van der Waals surface area contributed by atoms with Gasteiger partial charge < -0.3 is 14.8 Å². The summed E-state index contributed by atoms with van der Waals surface area (Å²) >= 11 is 0. The first-order chi connectivity index (χ1) is 9.32. The van der Waals surface area contributed by atoms with Gasteiger partial charge >= 0.3 is 5.97 Å². The molecule has 0 unspecified atom stereocenters. The average molecular weight is 279 g/mol. The first-order valence-electron chi connectivity index (χ1n) is 6.40. The Morgan fingerprint density at radius 2 is 1.75 bits per heavy atom. The van der Waals surface area contributed by atoms with Gasteiger partial charge in [-0.25, -0.2) is 0 Å². The molecule has 0 aromatic heterocycles. The summed E-state index contributed by atoms with van der Waals surface area (Å²) in [5.74, 6) is -0.241. The van der Waals surface area contributed by atoms with Crippen LogP contribution in [0.3, 0.4) is 0 Å². The Morgan fingerprint density at radius 1 is 1.15 bits per heavy atom. The fraction of sp³-hybridized carbons (Fsp3) is 0.467. The van der Waals surface area contributed by atoms with Gasteiger partial charge in [-0.15, -0.1) is 0 Å². The van der Waals surface area contributed by atoms with Gasteiger partial charge in [0.25, 0.3) is 5.91 Å². The molecule has 110 valence electrons. The molecule has 1 rings (SSSR count). The molecule has 0 saturated heterocycles. The second-order valence-electron chi connectivity index (χ2n) is 5.42. The quantitative estimate of drug-likeness (QED) is 0.832. The van der Waals surface area contributed by atoms with Crippen molar-refractivity contribution in [1.29, 1.82) is 0 Å². The number of rotatable bonds is 5. The predicted molar refractivity (Wildman–Crippen MR) is 75.7 cm³/mol. The summed E-state index contributed by atoms with van der Waals surface area (Å²) in [6.45, 7) is 6.10. The Morgan fingerprint density at radius 3 is 2.25 bits per heavy atom. The van der Waals surface area contributed by atoms with Crippen molar-refractivity contribution in [3.63, 3.8) is 0 Å². The molecule has 0 heterocycles. The lowest BCUT2D eigenvalue weighted by atomic mass is 9.87. The van der Waals surface area contributed by atoms with Crippen molar-refractivity contribution < 1.29 is 19.1 Å². The minimum absolute atomic E-state index is 0.0798. The van der Waals surface area contributed by atoms with Gasteiger partial charge in [-0.1, -0.05) is 32.9 Å². The van der Waals surface area contributed by atoms with Crippen LogP contribution >= 0.6 is 0 Å². The first kappa shape index (κ1) is 16.0. The number of nitrogens with one attached hydrogen (secondary N) is 1. The molecule has 5 heteroatoms. The lowest BCUT2D eigenvalue weighted by Gasteiger charge is -2.19. The van der Waals surface area contributed by atoms with E-state index in [4.69, 9.17) is 4.74 Å². The van der Waals surface area contributed by atoms with Gasteiger partial charge in [-0.3, -0.25) is 9.59 Å². The van der Waals surface area contributed by atoms with Gasteiger partial charge in [0.2, 0.25) is 0 Å². The Bertz CT molecular complexity index is 460. The predicted octanol–water partition coefficient (Wildman–Crippen LogP) is 1.65. The molecule has 0 spiro atoms. The fourth-order valence-corrected chi connectivity index (χ4v) is 1.49. The zero-order valence-corrected chi connectivity index (χ0v) is 12.4. The highest BCUT2D eigenvalue weighted by molar-refractivity contribution is 5.82. The largest absolute Gasteiger partial charge is 0.484 e. The molecule has 0 aliphatic carbocycles. The van der Waals surface area contributed by atoms with E-state index < -0.39 is 5.97 Å². The van der Waals surface area contributed by atoms with Crippen LogP contribution in [-0.4, -0.2) is 32.1 Å². The van der Waals surface area contributed by atoms with Crippen LogP contribution in [0.25, 0.3) is 0 Å². The van der Waals surface area contributed by atoms with Gasteiger partial charge in [0.15, 0.2) is 6.61 Å². The highest BCUT2D eigenvalue weighted by atomic mass is 16.5. The third-order valence-electron chi connectivity index (χ3n) is 2.75. The highest BCUT2D eigenvalue weighted by Gasteiger charge is 2.13. The number of methoxy groups -OCH3 is 1. The van der Waals surface area contributed by atoms with Crippen molar-refractivity contribution in [2.45, 2.75) is 26.2 Å². The van der Waals surface area contributed by atoms with E-state index in [1.807, 2.05) is 24.3 Å². The second kappa shape index (κ2) is 6.93. The van der Waals surface area contributed by atoms with Crippen molar-refractivity contribution in [3.8, 4) is 5.75 Å². The molecule has 20 heavy (non-hydrogen) atoms. The molecule has 1 amide bonds. The molecule has 0 bridgehead atoms. The van der Waals surface area contributed by atoms with Crippen LogP contribution in [0.2, 0.25) is 0 Å². The zero-order chi connectivity index (χ0) is 15.2. The number of hydrogen-bond acceptors (Lipinski definition) is 4. The first-order valence-corrected chi connectivity index (χ1v) is 6.40. The molecule has 0 atom stereocenters. The summed E-state index contributed by atoms with van der Waals surface area (Å²) in [5, 5.41) is 2.40. The Hall–Kier alpha value is -2.04. The number of benzene rings is 1. The van der Waals surface area contributed by atoms with E-state index in [-0.39, 0.29) is 24.5 Å². The lowest BCUT2D eigenvalue weighted by molar-refractivity contribution is -0.141. The minimum atomic E-state index is -0.493. The van der Waals surface area contributed by atoms with Gasteiger partial charge in [0.1, 0.15) is 12.3 Å². The van der Waals surface area contributed by atoms with E-state index in [0.717, 1.165) is 0 Å². The van der Waals surface area contributed by atoms with E-state index in [0.29, 0.717) is 5.75 Å². The van der Waals surface area contributed by atoms with Gasteiger partial charge in [-0.05, 0) is 23.1 Å². The number of esters is 1. The Labute approximate surface area is 119 Å². The third kappa shape index (κ3) is 5.30. The van der Waals surface area contributed by atoms with Crippen molar-refractivity contribution in [2.24, 2.45) is 0 Å². The molecule has 1 N–H and O–H groups in total. The Balaban J connectivity index is 2.42. The molecule has 0 radical (unpaired) electrons. The summed E-state index contributed by atoms with van der Waals surface area (Å²) in [6.07, 6.45) is 0. The van der Waals surface area contributed by atoms with Gasteiger partial charge in [-0.2, -0.15) is 0 Å². The maximum absolute atomic E-state index is 11.4. The van der Waals surface area contributed by atoms with E-state index in [2.05, 4.69) is 30.8 Å². The van der Waals surface area contributed by atoms with Crippen LogP contribution in [0.5, 0.6) is 5.75 Å². The fourth-order valence-electron chi connectivity index (χ4n) is 1.49. The molecule has 0 aliphatic rings. The average Bonchev–Trinajstić information content (AvgIpc) is 2.41. The third-order valence-corrected chi connectivity index (χ3v) is 2.75. The number of carbonyl (C=O) groups is 2. The standard InChI is InChI=1S/C15H21NO4/c1-15(2,3)11-5-7-12(8-6-11)20-10-13(17)16-9-14(18)19-4/h5-8H,9-10H2,1-4H3,(H,16,17). The van der Waals surface area contributed by atoms with E-state index in [1.54, 1.807) is 0 Å². The van der Waals surface area contributed by atoms with Crippen molar-refractivity contribution in [3.05, 3.63) is 29.8 Å². The molecule has 5 nitrogen and oxygen atoms in total. The molecule has 0 fully saturated rings. The molecular formula is C15H21NO4. The summed E-state index contributed by atoms with van der Waals surface area (Å²) in [5.41, 5.74) is 1.27. The normalized spacial score (nSPS) is 10.8. The van der Waals surface area contributed by atoms with E-state index >= 15 is 0 Å². The molecule has 0 aliphatic heterocycles. The highest BCUT2D eigenvalue weighted by Crippen LogP contribution is 2.24. The van der Waals surface area contributed by atoms with Crippen molar-refractivity contribution >= 4 is 11.9 Å². The number of carbonyl (C=O) groups excluding carboxylic acids is 2. The number of hydrogen-bond donors (Lipinski definition) is 1. The lowest BCUT2D eigenvalue weighted by Crippen LogP contribution is -2.33. The summed E-state index contributed by atoms with van der Waals surface area (Å²) in [7, 11) is 1.27.